The number of carbonyl (C=O) groups is 2. The summed E-state index contributed by atoms with van der Waals surface area (Å²) < 4.78 is 9.87. The van der Waals surface area contributed by atoms with E-state index in [9.17, 15) is 9.59 Å². The Kier molecular flexibility index (Phi) is 5.80. The molecule has 1 saturated carbocycles. The normalized spacial score (nSPS) is 19.6. The van der Waals surface area contributed by atoms with Crippen molar-refractivity contribution in [3.63, 3.8) is 0 Å². The van der Waals surface area contributed by atoms with Gasteiger partial charge >= 0.3 is 0 Å². The molecule has 1 aromatic carbocycles. The van der Waals surface area contributed by atoms with Gasteiger partial charge in [-0.1, -0.05) is 22.4 Å². The minimum Gasteiger partial charge on any atom is -0.497 e. The van der Waals surface area contributed by atoms with Crippen molar-refractivity contribution in [3.8, 4) is 5.75 Å². The number of ether oxygens (including phenoxy) is 1. The lowest BCUT2D eigenvalue weighted by atomic mass is 9.90. The maximum Gasteiger partial charge on any atom is 0.246 e. The molecule has 4 rings (SSSR count). The predicted octanol–water partition coefficient (Wildman–Crippen LogP) is 2.69. The largest absolute Gasteiger partial charge is 0.497 e. The molecule has 1 aromatic heterocycles. The van der Waals surface area contributed by atoms with E-state index in [1.165, 1.54) is 0 Å². The van der Waals surface area contributed by atoms with Crippen molar-refractivity contribution >= 4 is 17.9 Å². The molecule has 8 nitrogen and oxygen atoms in total. The van der Waals surface area contributed by atoms with Crippen molar-refractivity contribution in [3.05, 3.63) is 47.3 Å². The highest BCUT2D eigenvalue weighted by Gasteiger charge is 2.59. The highest BCUT2D eigenvalue weighted by atomic mass is 16.6. The molecular formula is C23H28N4O4. The van der Waals surface area contributed by atoms with Gasteiger partial charge in [0.25, 0.3) is 0 Å². The topological polar surface area (TPSA) is 88.8 Å². The van der Waals surface area contributed by atoms with E-state index >= 15 is 0 Å². The average molecular weight is 425 g/mol. The fourth-order valence-electron chi connectivity index (χ4n) is 4.37. The lowest BCUT2D eigenvalue weighted by molar-refractivity contribution is -0.133. The van der Waals surface area contributed by atoms with E-state index in [1.807, 2.05) is 42.2 Å². The van der Waals surface area contributed by atoms with E-state index in [4.69, 9.17) is 9.37 Å². The van der Waals surface area contributed by atoms with Gasteiger partial charge in [-0.05, 0) is 55.4 Å². The fourth-order valence-corrected chi connectivity index (χ4v) is 4.37. The van der Waals surface area contributed by atoms with Crippen LogP contribution in [0.15, 0.2) is 35.0 Å². The molecule has 1 aliphatic carbocycles. The summed E-state index contributed by atoms with van der Waals surface area (Å²) in [4.78, 5) is 29.0. The lowest BCUT2D eigenvalue weighted by Crippen LogP contribution is -2.40. The van der Waals surface area contributed by atoms with Crippen molar-refractivity contribution in [2.24, 2.45) is 11.3 Å². The number of hydrogen-bond donors (Lipinski definition) is 0. The van der Waals surface area contributed by atoms with Crippen LogP contribution in [0.4, 0.5) is 0 Å². The van der Waals surface area contributed by atoms with Gasteiger partial charge in [-0.3, -0.25) is 9.59 Å². The second-order valence-corrected chi connectivity index (χ2v) is 8.54. The second-order valence-electron chi connectivity index (χ2n) is 8.54. The molecule has 1 atom stereocenters. The monoisotopic (exact) mass is 424 g/mol. The maximum atomic E-state index is 12.9. The van der Waals surface area contributed by atoms with Crippen LogP contribution in [0.1, 0.15) is 36.2 Å². The fraction of sp³-hybridized carbons (Fsp3) is 0.478. The molecule has 2 aliphatic rings. The first-order valence-electron chi connectivity index (χ1n) is 10.6. The summed E-state index contributed by atoms with van der Waals surface area (Å²) in [6.45, 7) is 3.59. The van der Waals surface area contributed by atoms with Gasteiger partial charge in [0.2, 0.25) is 11.8 Å². The molecule has 2 amide bonds. The number of likely N-dealkylation sites (tertiary alicyclic amines) is 1. The maximum absolute atomic E-state index is 12.9. The summed E-state index contributed by atoms with van der Waals surface area (Å²) >= 11 is 0. The molecule has 1 unspecified atom stereocenters. The molecule has 164 valence electrons. The molecule has 0 radical (unpaired) electrons. The van der Waals surface area contributed by atoms with E-state index in [1.54, 1.807) is 25.1 Å². The minimum absolute atomic E-state index is 0.0142. The number of hydrogen-bond acceptors (Lipinski definition) is 6. The van der Waals surface area contributed by atoms with Crippen molar-refractivity contribution in [2.75, 3.05) is 27.2 Å². The zero-order chi connectivity index (χ0) is 22.0. The van der Waals surface area contributed by atoms with Crippen LogP contribution >= 0.6 is 0 Å². The quantitative estimate of drug-likeness (QED) is 0.663. The number of methoxy groups -OCH3 is 1. The molecule has 8 heteroatoms. The standard InChI is InChI=1S/C23H28N4O4/c1-16-20(25-31-24-16)15-26(2)22(29)19-14-23(19)10-12-27(13-11-23)21(28)9-6-17-4-7-18(30-3)8-5-17/h4-9,19H,10-15H2,1-3H3/b9-6+. The van der Waals surface area contributed by atoms with E-state index < -0.39 is 0 Å². The van der Waals surface area contributed by atoms with Gasteiger partial charge < -0.3 is 14.5 Å². The summed E-state index contributed by atoms with van der Waals surface area (Å²) in [5.41, 5.74) is 2.39. The molecular weight excluding hydrogens is 396 g/mol. The third-order valence-corrected chi connectivity index (χ3v) is 6.60. The molecule has 31 heavy (non-hydrogen) atoms. The Labute approximate surface area is 181 Å². The molecule has 2 heterocycles. The van der Waals surface area contributed by atoms with Gasteiger partial charge in [0.05, 0.1) is 13.7 Å². The van der Waals surface area contributed by atoms with Crippen LogP contribution < -0.4 is 4.74 Å². The SMILES string of the molecule is COc1ccc(/C=C/C(=O)N2CCC3(CC2)CC3C(=O)N(C)Cc2nonc2C)cc1. The Morgan fingerprint density at radius 3 is 2.58 bits per heavy atom. The number of benzene rings is 1. The number of rotatable bonds is 6. The summed E-state index contributed by atoms with van der Waals surface area (Å²) in [6.07, 6.45) is 6.08. The summed E-state index contributed by atoms with van der Waals surface area (Å²) in [5, 5.41) is 7.63. The van der Waals surface area contributed by atoms with Crippen LogP contribution in [0, 0.1) is 18.3 Å². The molecule has 1 spiro atoms. The minimum atomic E-state index is 0.0142. The van der Waals surface area contributed by atoms with Crippen molar-refractivity contribution in [1.82, 2.24) is 20.1 Å². The number of carbonyl (C=O) groups excluding carboxylic acids is 2. The zero-order valence-corrected chi connectivity index (χ0v) is 18.2. The Bertz CT molecular complexity index is 974. The van der Waals surface area contributed by atoms with Crippen molar-refractivity contribution in [1.29, 1.82) is 0 Å². The van der Waals surface area contributed by atoms with Crippen LogP contribution in [0.3, 0.4) is 0 Å². The Balaban J connectivity index is 1.27. The first kappa shape index (κ1) is 21.1. The van der Waals surface area contributed by atoms with Gasteiger partial charge in [-0.15, -0.1) is 0 Å². The smallest absolute Gasteiger partial charge is 0.246 e. The number of piperidine rings is 1. The van der Waals surface area contributed by atoms with E-state index in [0.29, 0.717) is 31.0 Å². The van der Waals surface area contributed by atoms with E-state index in [-0.39, 0.29) is 23.1 Å². The van der Waals surface area contributed by atoms with Gasteiger partial charge in [0, 0.05) is 32.1 Å². The average Bonchev–Trinajstić information content (AvgIpc) is 3.33. The first-order chi connectivity index (χ1) is 14.9. The summed E-state index contributed by atoms with van der Waals surface area (Å²) in [7, 11) is 3.42. The van der Waals surface area contributed by atoms with Crippen LogP contribution in [0.25, 0.3) is 6.08 Å². The summed E-state index contributed by atoms with van der Waals surface area (Å²) in [6, 6.07) is 7.58. The Hall–Kier alpha value is -3.16. The predicted molar refractivity (Wildman–Crippen MR) is 114 cm³/mol. The van der Waals surface area contributed by atoms with Crippen LogP contribution in [-0.2, 0) is 16.1 Å². The third-order valence-electron chi connectivity index (χ3n) is 6.60. The van der Waals surface area contributed by atoms with Gasteiger partial charge in [-0.25, -0.2) is 4.63 Å². The van der Waals surface area contributed by atoms with Gasteiger partial charge in [0.15, 0.2) is 0 Å². The Morgan fingerprint density at radius 1 is 1.26 bits per heavy atom. The van der Waals surface area contributed by atoms with Gasteiger partial charge in [-0.2, -0.15) is 0 Å². The second kappa shape index (κ2) is 8.53. The van der Waals surface area contributed by atoms with Gasteiger partial charge in [0.1, 0.15) is 17.1 Å². The molecule has 1 aliphatic heterocycles. The highest BCUT2D eigenvalue weighted by Crippen LogP contribution is 2.60. The number of aromatic nitrogens is 2. The van der Waals surface area contributed by atoms with Crippen LogP contribution in [0.5, 0.6) is 5.75 Å². The van der Waals surface area contributed by atoms with Crippen molar-refractivity contribution in [2.45, 2.75) is 32.7 Å². The summed E-state index contributed by atoms with van der Waals surface area (Å²) in [5.74, 6) is 0.975. The first-order valence-corrected chi connectivity index (χ1v) is 10.6. The molecule has 0 bridgehead atoms. The van der Waals surface area contributed by atoms with Crippen LogP contribution in [0.2, 0.25) is 0 Å². The molecule has 0 N–H and O–H groups in total. The zero-order valence-electron chi connectivity index (χ0n) is 18.2. The lowest BCUT2D eigenvalue weighted by Gasteiger charge is -2.32. The van der Waals surface area contributed by atoms with E-state index in [0.717, 1.165) is 30.6 Å². The molecule has 2 aromatic rings. The number of aryl methyl sites for hydroxylation is 1. The third kappa shape index (κ3) is 4.47. The van der Waals surface area contributed by atoms with E-state index in [2.05, 4.69) is 10.3 Å². The Morgan fingerprint density at radius 2 is 1.97 bits per heavy atom. The molecule has 1 saturated heterocycles. The van der Waals surface area contributed by atoms with Crippen LogP contribution in [-0.4, -0.2) is 59.2 Å². The number of nitrogens with zero attached hydrogens (tertiary/aromatic N) is 4. The number of amides is 2. The highest BCUT2D eigenvalue weighted by molar-refractivity contribution is 5.92. The van der Waals surface area contributed by atoms with Crippen molar-refractivity contribution < 1.29 is 19.0 Å². The molecule has 2 fully saturated rings.